The molecule has 1 aliphatic rings. The Morgan fingerprint density at radius 2 is 1.62 bits per heavy atom. The molecule has 3 nitrogen and oxygen atoms in total. The van der Waals surface area contributed by atoms with E-state index in [1.165, 1.54) is 5.56 Å². The fraction of sp³-hybridized carbons (Fsp3) is 0.250. The van der Waals surface area contributed by atoms with E-state index < -0.39 is 6.87 Å². The zero-order valence-corrected chi connectivity index (χ0v) is 13.2. The number of halogens is 1. The molecule has 0 aromatic heterocycles. The molecule has 0 unspecified atom stereocenters. The zero-order chi connectivity index (χ0) is 14.7. The maximum absolute atomic E-state index is 12.4. The molecule has 2 aromatic rings. The van der Waals surface area contributed by atoms with E-state index in [0.29, 0.717) is 13.2 Å². The van der Waals surface area contributed by atoms with E-state index >= 15 is 0 Å². The van der Waals surface area contributed by atoms with Gasteiger partial charge in [-0.25, -0.2) is 4.67 Å². The predicted octanol–water partition coefficient (Wildman–Crippen LogP) is 4.48. The summed E-state index contributed by atoms with van der Waals surface area (Å²) in [6, 6.07) is 20.1. The Morgan fingerprint density at radius 1 is 1.05 bits per heavy atom. The molecule has 0 N–H and O–H groups in total. The third-order valence-corrected chi connectivity index (χ3v) is 6.08. The highest BCUT2D eigenvalue weighted by Gasteiger charge is 2.42. The summed E-state index contributed by atoms with van der Waals surface area (Å²) in [5.41, 5.74) is 2.28. The molecule has 0 bridgehead atoms. The summed E-state index contributed by atoms with van der Waals surface area (Å²) in [5, 5.41) is 0. The molecule has 21 heavy (non-hydrogen) atoms. The molecule has 0 radical (unpaired) electrons. The molecular formula is C16H17ClNO2P. The van der Waals surface area contributed by atoms with Crippen molar-refractivity contribution < 1.29 is 9.09 Å². The van der Waals surface area contributed by atoms with Gasteiger partial charge in [0.05, 0.1) is 6.61 Å². The van der Waals surface area contributed by atoms with Crippen LogP contribution in [0.3, 0.4) is 0 Å². The van der Waals surface area contributed by atoms with Crippen molar-refractivity contribution in [2.24, 2.45) is 0 Å². The van der Waals surface area contributed by atoms with Crippen LogP contribution < -0.4 is 0 Å². The van der Waals surface area contributed by atoms with Crippen LogP contribution in [0.2, 0.25) is 0 Å². The van der Waals surface area contributed by atoms with Gasteiger partial charge < -0.3 is 4.52 Å². The van der Waals surface area contributed by atoms with E-state index in [0.717, 1.165) is 12.0 Å². The van der Waals surface area contributed by atoms with Gasteiger partial charge in [0.2, 0.25) is 0 Å². The minimum Gasteiger partial charge on any atom is -0.304 e. The fourth-order valence-electron chi connectivity index (χ4n) is 2.57. The maximum atomic E-state index is 12.4. The van der Waals surface area contributed by atoms with Gasteiger partial charge in [-0.15, -0.1) is 0 Å². The first-order chi connectivity index (χ1) is 10.1. The van der Waals surface area contributed by atoms with Crippen LogP contribution in [0.25, 0.3) is 0 Å². The summed E-state index contributed by atoms with van der Waals surface area (Å²) >= 11 is 6.10. The molecule has 0 saturated carbocycles. The lowest BCUT2D eigenvalue weighted by atomic mass is 10.1. The van der Waals surface area contributed by atoms with Crippen LogP contribution in [0.1, 0.15) is 11.1 Å². The minimum atomic E-state index is -3.21. The monoisotopic (exact) mass is 321 g/mol. The molecule has 0 amide bonds. The van der Waals surface area contributed by atoms with Gasteiger partial charge in [0, 0.05) is 12.6 Å². The Hall–Kier alpha value is -1.12. The summed E-state index contributed by atoms with van der Waals surface area (Å²) < 4.78 is 19.6. The normalized spacial score (nSPS) is 26.0. The molecule has 0 spiro atoms. The van der Waals surface area contributed by atoms with Gasteiger partial charge in [-0.1, -0.05) is 60.7 Å². The third kappa shape index (κ3) is 3.56. The number of rotatable bonds is 4. The van der Waals surface area contributed by atoms with E-state index in [4.69, 9.17) is 15.8 Å². The van der Waals surface area contributed by atoms with Gasteiger partial charge in [-0.3, -0.25) is 4.57 Å². The highest BCUT2D eigenvalue weighted by molar-refractivity contribution is 7.83. The number of hydrogen-bond acceptors (Lipinski definition) is 2. The second kappa shape index (κ2) is 6.33. The average molecular weight is 322 g/mol. The SMILES string of the molecule is O=[P@]1(Cl)OC[C@H](Cc2ccccc2)N1Cc1ccccc1. The van der Waals surface area contributed by atoms with Gasteiger partial charge in [0.25, 0.3) is 0 Å². The highest BCUT2D eigenvalue weighted by Crippen LogP contribution is 2.61. The fourth-order valence-corrected chi connectivity index (χ4v) is 4.64. The molecule has 110 valence electrons. The lowest BCUT2D eigenvalue weighted by Crippen LogP contribution is -2.29. The van der Waals surface area contributed by atoms with Crippen LogP contribution in [0, 0.1) is 0 Å². The zero-order valence-electron chi connectivity index (χ0n) is 11.6. The molecule has 1 heterocycles. The number of hydrogen-bond donors (Lipinski definition) is 0. The van der Waals surface area contributed by atoms with Crippen LogP contribution in [0.4, 0.5) is 0 Å². The van der Waals surface area contributed by atoms with Crippen molar-refractivity contribution >= 4 is 18.1 Å². The average Bonchev–Trinajstić information content (AvgIpc) is 2.77. The summed E-state index contributed by atoms with van der Waals surface area (Å²) in [6.45, 7) is -2.26. The van der Waals surface area contributed by atoms with Crippen molar-refractivity contribution in [1.29, 1.82) is 0 Å². The number of benzene rings is 2. The second-order valence-electron chi connectivity index (χ2n) is 5.17. The third-order valence-electron chi connectivity index (χ3n) is 3.66. The Morgan fingerprint density at radius 3 is 2.24 bits per heavy atom. The molecule has 2 aromatic carbocycles. The summed E-state index contributed by atoms with van der Waals surface area (Å²) in [6.07, 6.45) is 0.782. The van der Waals surface area contributed by atoms with Gasteiger partial charge in [0.15, 0.2) is 0 Å². The topological polar surface area (TPSA) is 29.5 Å². The van der Waals surface area contributed by atoms with E-state index in [-0.39, 0.29) is 6.04 Å². The Labute approximate surface area is 129 Å². The van der Waals surface area contributed by atoms with Gasteiger partial charge in [0.1, 0.15) is 0 Å². The standard InChI is InChI=1S/C16H17ClNO2P/c17-21(19)18(12-15-9-5-2-6-10-15)16(13-20-21)11-14-7-3-1-4-8-14/h1-10,16H,11-13H2/t16-,21+/m0/s1. The van der Waals surface area contributed by atoms with Crippen LogP contribution in [0.5, 0.6) is 0 Å². The van der Waals surface area contributed by atoms with E-state index in [1.807, 2.05) is 48.5 Å². The highest BCUT2D eigenvalue weighted by atomic mass is 35.7. The summed E-state index contributed by atoms with van der Waals surface area (Å²) in [5.74, 6) is 0. The van der Waals surface area contributed by atoms with E-state index in [9.17, 15) is 4.57 Å². The smallest absolute Gasteiger partial charge is 0.304 e. The van der Waals surface area contributed by atoms with Crippen molar-refractivity contribution in [2.45, 2.75) is 19.0 Å². The van der Waals surface area contributed by atoms with Crippen LogP contribution in [-0.2, 0) is 22.1 Å². The first-order valence-electron chi connectivity index (χ1n) is 6.94. The quantitative estimate of drug-likeness (QED) is 0.778. The van der Waals surface area contributed by atoms with Crippen molar-refractivity contribution in [2.75, 3.05) is 6.61 Å². The van der Waals surface area contributed by atoms with E-state index in [2.05, 4.69) is 12.1 Å². The Bertz CT molecular complexity index is 635. The molecule has 5 heteroatoms. The summed E-state index contributed by atoms with van der Waals surface area (Å²) in [7, 11) is 0. The Kier molecular flexibility index (Phi) is 4.46. The molecule has 0 aliphatic carbocycles. The van der Waals surface area contributed by atoms with Crippen LogP contribution in [-0.4, -0.2) is 17.3 Å². The van der Waals surface area contributed by atoms with E-state index in [1.54, 1.807) is 4.67 Å². The van der Waals surface area contributed by atoms with Crippen molar-refractivity contribution in [1.82, 2.24) is 4.67 Å². The lowest BCUT2D eigenvalue weighted by molar-refractivity contribution is 0.305. The molecule has 1 saturated heterocycles. The molecular weight excluding hydrogens is 305 g/mol. The second-order valence-corrected chi connectivity index (χ2v) is 8.13. The number of nitrogens with zero attached hydrogens (tertiary/aromatic N) is 1. The molecule has 1 aliphatic heterocycles. The van der Waals surface area contributed by atoms with Gasteiger partial charge in [-0.2, -0.15) is 0 Å². The van der Waals surface area contributed by atoms with Crippen molar-refractivity contribution in [3.05, 3.63) is 71.8 Å². The van der Waals surface area contributed by atoms with Gasteiger partial charge in [-0.05, 0) is 28.8 Å². The molecule has 1 fully saturated rings. The van der Waals surface area contributed by atoms with Crippen molar-refractivity contribution in [3.63, 3.8) is 0 Å². The van der Waals surface area contributed by atoms with Crippen molar-refractivity contribution in [3.8, 4) is 0 Å². The van der Waals surface area contributed by atoms with Crippen LogP contribution in [0.15, 0.2) is 60.7 Å². The lowest BCUT2D eigenvalue weighted by Gasteiger charge is -2.24. The maximum Gasteiger partial charge on any atom is 0.363 e. The minimum absolute atomic E-state index is 0.0379. The van der Waals surface area contributed by atoms with Gasteiger partial charge >= 0.3 is 6.87 Å². The molecule has 3 rings (SSSR count). The first kappa shape index (κ1) is 14.8. The summed E-state index contributed by atoms with van der Waals surface area (Å²) in [4.78, 5) is 0. The van der Waals surface area contributed by atoms with Crippen LogP contribution >= 0.6 is 18.1 Å². The largest absolute Gasteiger partial charge is 0.363 e. The Balaban J connectivity index is 1.78. The predicted molar refractivity (Wildman–Crippen MR) is 85.3 cm³/mol. The first-order valence-corrected chi connectivity index (χ1v) is 9.42. The molecule has 2 atom stereocenters.